The van der Waals surface area contributed by atoms with E-state index in [1.54, 1.807) is 0 Å². The maximum Gasteiger partial charge on any atom is 0.325 e. The molecule has 1 atom stereocenters. The molecule has 1 aliphatic heterocycles. The number of hydroxylamine groups is 2. The van der Waals surface area contributed by atoms with Crippen LogP contribution in [0.5, 0.6) is 0 Å². The van der Waals surface area contributed by atoms with Crippen LogP contribution in [0.1, 0.15) is 19.3 Å². The largest absolute Gasteiger partial charge is 0.325 e. The summed E-state index contributed by atoms with van der Waals surface area (Å²) in [5, 5.41) is 10.3. The lowest BCUT2D eigenvalue weighted by molar-refractivity contribution is -0.103. The molecule has 0 aromatic rings. The van der Waals surface area contributed by atoms with Crippen LogP contribution in [-0.2, 0) is 4.57 Å². The molecule has 5 nitrogen and oxygen atoms in total. The molecule has 1 rings (SSSR count). The molecular weight excluding hydrogens is 181 g/mol. The summed E-state index contributed by atoms with van der Waals surface area (Å²) in [7, 11) is -3.88. The van der Waals surface area contributed by atoms with Crippen molar-refractivity contribution in [3.8, 4) is 0 Å². The zero-order chi connectivity index (χ0) is 9.19. The van der Waals surface area contributed by atoms with E-state index >= 15 is 0 Å². The van der Waals surface area contributed by atoms with Crippen LogP contribution in [0.15, 0.2) is 0 Å². The first-order valence-corrected chi connectivity index (χ1v) is 5.79. The Morgan fingerprint density at radius 1 is 1.50 bits per heavy atom. The molecule has 1 aliphatic rings. The van der Waals surface area contributed by atoms with Crippen LogP contribution >= 0.6 is 7.60 Å². The second kappa shape index (κ2) is 3.85. The Labute approximate surface area is 71.1 Å². The minimum atomic E-state index is -3.88. The van der Waals surface area contributed by atoms with Crippen LogP contribution in [0.25, 0.3) is 0 Å². The fourth-order valence-corrected chi connectivity index (χ4v) is 2.07. The summed E-state index contributed by atoms with van der Waals surface area (Å²) < 4.78 is 10.5. The molecule has 0 aromatic heterocycles. The summed E-state index contributed by atoms with van der Waals surface area (Å²) in [5.74, 6) is 0. The van der Waals surface area contributed by atoms with Gasteiger partial charge in [0.15, 0.2) is 0 Å². The van der Waals surface area contributed by atoms with E-state index in [-0.39, 0.29) is 12.2 Å². The number of hydrogen-bond donors (Lipinski definition) is 3. The lowest BCUT2D eigenvalue weighted by Gasteiger charge is -2.17. The third-order valence-electron chi connectivity index (χ3n) is 2.10. The maximum atomic E-state index is 10.5. The minimum absolute atomic E-state index is 0.0578. The predicted octanol–water partition coefficient (Wildman–Crippen LogP) is 0.408. The summed E-state index contributed by atoms with van der Waals surface area (Å²) >= 11 is 0. The Kier molecular flexibility index (Phi) is 3.26. The Hall–Kier alpha value is 0.0700. The van der Waals surface area contributed by atoms with Gasteiger partial charge in [0, 0.05) is 12.6 Å². The zero-order valence-corrected chi connectivity index (χ0v) is 7.65. The van der Waals surface area contributed by atoms with Gasteiger partial charge in [0.1, 0.15) is 0 Å². The van der Waals surface area contributed by atoms with E-state index in [0.29, 0.717) is 13.0 Å². The first-order valence-electron chi connectivity index (χ1n) is 3.99. The number of hydrogen-bond acceptors (Lipinski definition) is 3. The Balaban J connectivity index is 2.27. The molecule has 12 heavy (non-hydrogen) atoms. The molecule has 0 aromatic carbocycles. The highest BCUT2D eigenvalue weighted by Crippen LogP contribution is 2.36. The van der Waals surface area contributed by atoms with Gasteiger partial charge in [-0.05, 0) is 19.3 Å². The van der Waals surface area contributed by atoms with Crippen molar-refractivity contribution in [2.24, 2.45) is 0 Å². The van der Waals surface area contributed by atoms with Crippen LogP contribution in [0, 0.1) is 0 Å². The Bertz CT molecular complexity index is 192. The first-order chi connectivity index (χ1) is 5.49. The van der Waals surface area contributed by atoms with E-state index in [2.05, 4.69) is 0 Å². The van der Waals surface area contributed by atoms with Gasteiger partial charge in [-0.15, -0.1) is 0 Å². The highest BCUT2D eigenvalue weighted by Gasteiger charge is 2.25. The van der Waals surface area contributed by atoms with Gasteiger partial charge in [0.25, 0.3) is 0 Å². The van der Waals surface area contributed by atoms with Gasteiger partial charge in [0.05, 0.1) is 6.16 Å². The van der Waals surface area contributed by atoms with Crippen molar-refractivity contribution in [2.45, 2.75) is 25.3 Å². The van der Waals surface area contributed by atoms with Gasteiger partial charge in [-0.2, -0.15) is 5.06 Å². The molecule has 1 saturated heterocycles. The lowest BCUT2D eigenvalue weighted by atomic mass is 10.2. The number of nitrogens with zero attached hydrogens (tertiary/aromatic N) is 1. The fourth-order valence-electron chi connectivity index (χ4n) is 1.43. The average molecular weight is 195 g/mol. The summed E-state index contributed by atoms with van der Waals surface area (Å²) in [5.41, 5.74) is 0. The third kappa shape index (κ3) is 3.21. The van der Waals surface area contributed by atoms with Crippen LogP contribution in [0.3, 0.4) is 0 Å². The molecule has 1 fully saturated rings. The van der Waals surface area contributed by atoms with Gasteiger partial charge >= 0.3 is 7.60 Å². The van der Waals surface area contributed by atoms with Crippen molar-refractivity contribution >= 4 is 7.60 Å². The molecule has 72 valence electrons. The second-order valence-electron chi connectivity index (χ2n) is 3.14. The molecule has 1 heterocycles. The lowest BCUT2D eigenvalue weighted by Crippen LogP contribution is -2.26. The van der Waals surface area contributed by atoms with Gasteiger partial charge in [0.2, 0.25) is 0 Å². The van der Waals surface area contributed by atoms with E-state index in [1.807, 2.05) is 0 Å². The van der Waals surface area contributed by atoms with Crippen molar-refractivity contribution < 1.29 is 19.6 Å². The maximum absolute atomic E-state index is 10.5. The molecule has 0 radical (unpaired) electrons. The first kappa shape index (κ1) is 10.2. The normalized spacial score (nSPS) is 26.4. The predicted molar refractivity (Wildman–Crippen MR) is 43.0 cm³/mol. The highest BCUT2D eigenvalue weighted by atomic mass is 31.2. The van der Waals surface area contributed by atoms with E-state index in [9.17, 15) is 4.57 Å². The Morgan fingerprint density at radius 2 is 2.17 bits per heavy atom. The summed E-state index contributed by atoms with van der Waals surface area (Å²) in [6.07, 6.45) is 1.98. The van der Waals surface area contributed by atoms with Crippen LogP contribution in [0.2, 0.25) is 0 Å². The molecule has 0 amide bonds. The van der Waals surface area contributed by atoms with Gasteiger partial charge < -0.3 is 15.0 Å². The molecule has 6 heteroatoms. The van der Waals surface area contributed by atoms with E-state index in [0.717, 1.165) is 12.8 Å². The van der Waals surface area contributed by atoms with Crippen molar-refractivity contribution in [3.05, 3.63) is 0 Å². The van der Waals surface area contributed by atoms with Crippen molar-refractivity contribution in [2.75, 3.05) is 12.7 Å². The molecule has 0 bridgehead atoms. The SMILES string of the molecule is O=P(O)(O)CCC1CCCN1O. The molecule has 0 saturated carbocycles. The zero-order valence-electron chi connectivity index (χ0n) is 6.76. The molecule has 1 unspecified atom stereocenters. The van der Waals surface area contributed by atoms with Crippen LogP contribution < -0.4 is 0 Å². The monoisotopic (exact) mass is 195 g/mol. The molecule has 3 N–H and O–H groups in total. The summed E-state index contributed by atoms with van der Waals surface area (Å²) in [6, 6.07) is -0.0578. The standard InChI is InChI=1S/C6H14NO4P/c8-7-4-1-2-6(7)3-5-12(9,10)11/h6,8H,1-5H2,(H2,9,10,11). The fraction of sp³-hybridized carbons (Fsp3) is 1.00. The van der Waals surface area contributed by atoms with E-state index in [1.165, 1.54) is 5.06 Å². The van der Waals surface area contributed by atoms with Crippen LogP contribution in [0.4, 0.5) is 0 Å². The topological polar surface area (TPSA) is 81.0 Å². The third-order valence-corrected chi connectivity index (χ3v) is 2.94. The van der Waals surface area contributed by atoms with Gasteiger partial charge in [-0.25, -0.2) is 0 Å². The average Bonchev–Trinajstić information content (AvgIpc) is 2.29. The van der Waals surface area contributed by atoms with Crippen molar-refractivity contribution in [1.82, 2.24) is 5.06 Å². The Morgan fingerprint density at radius 3 is 2.58 bits per heavy atom. The smallest absolute Gasteiger partial charge is 0.324 e. The van der Waals surface area contributed by atoms with Crippen molar-refractivity contribution in [3.63, 3.8) is 0 Å². The van der Waals surface area contributed by atoms with E-state index < -0.39 is 7.60 Å². The second-order valence-corrected chi connectivity index (χ2v) is 4.91. The van der Waals surface area contributed by atoms with Crippen molar-refractivity contribution in [1.29, 1.82) is 0 Å². The molecule has 0 aliphatic carbocycles. The van der Waals surface area contributed by atoms with Crippen LogP contribution in [-0.4, -0.2) is 38.8 Å². The van der Waals surface area contributed by atoms with Gasteiger partial charge in [-0.1, -0.05) is 0 Å². The van der Waals surface area contributed by atoms with Gasteiger partial charge in [-0.3, -0.25) is 4.57 Å². The quantitative estimate of drug-likeness (QED) is 0.568. The highest BCUT2D eigenvalue weighted by molar-refractivity contribution is 7.51. The molecular formula is C6H14NO4P. The minimum Gasteiger partial charge on any atom is -0.324 e. The summed E-state index contributed by atoms with van der Waals surface area (Å²) in [6.45, 7) is 0.617. The molecule has 0 spiro atoms. The summed E-state index contributed by atoms with van der Waals surface area (Å²) in [4.78, 5) is 17.2. The van der Waals surface area contributed by atoms with E-state index in [4.69, 9.17) is 15.0 Å². The number of rotatable bonds is 3.